The van der Waals surface area contributed by atoms with Gasteiger partial charge in [-0.2, -0.15) is 5.10 Å². The quantitative estimate of drug-likeness (QED) is 0.642. The van der Waals surface area contributed by atoms with Crippen LogP contribution in [-0.4, -0.2) is 58.7 Å². The third kappa shape index (κ3) is 3.76. The molecule has 0 N–H and O–H groups in total. The van der Waals surface area contributed by atoms with E-state index in [2.05, 4.69) is 15.1 Å². The molecule has 0 spiro atoms. The molecule has 0 saturated heterocycles. The molecular weight excluding hydrogens is 300 g/mol. The van der Waals surface area contributed by atoms with E-state index in [9.17, 15) is 0 Å². The fourth-order valence-electron chi connectivity index (χ4n) is 2.15. The van der Waals surface area contributed by atoms with Crippen LogP contribution in [0.2, 0.25) is 5.02 Å². The Kier molecular flexibility index (Phi) is 5.03. The van der Waals surface area contributed by atoms with E-state index in [0.717, 1.165) is 23.0 Å². The van der Waals surface area contributed by atoms with Gasteiger partial charge >= 0.3 is 0 Å². The second kappa shape index (κ2) is 6.79. The highest BCUT2D eigenvalue weighted by Gasteiger charge is 2.10. The monoisotopic (exact) mass is 320 g/mol. The summed E-state index contributed by atoms with van der Waals surface area (Å²) >= 11 is 5.96. The number of hydrogen-bond acceptors (Lipinski definition) is 3. The molecule has 0 amide bonds. The molecule has 0 aliphatic heterocycles. The van der Waals surface area contributed by atoms with E-state index in [-0.39, 0.29) is 0 Å². The van der Waals surface area contributed by atoms with Crippen molar-refractivity contribution in [2.45, 2.75) is 13.5 Å². The average Bonchev–Trinajstić information content (AvgIpc) is 2.86. The first kappa shape index (κ1) is 16.3. The van der Waals surface area contributed by atoms with Crippen LogP contribution in [0.5, 0.6) is 0 Å². The molecule has 2 rings (SSSR count). The molecule has 22 heavy (non-hydrogen) atoms. The van der Waals surface area contributed by atoms with Crippen molar-refractivity contribution in [1.29, 1.82) is 0 Å². The van der Waals surface area contributed by atoms with Crippen LogP contribution in [0.3, 0.4) is 0 Å². The van der Waals surface area contributed by atoms with E-state index in [1.807, 2.05) is 57.0 Å². The minimum Gasteiger partial charge on any atom is -0.349 e. The summed E-state index contributed by atoms with van der Waals surface area (Å²) in [5, 5.41) is 4.82. The topological polar surface area (TPSA) is 49.5 Å². The van der Waals surface area contributed by atoms with Crippen molar-refractivity contribution in [3.63, 3.8) is 0 Å². The maximum absolute atomic E-state index is 5.96. The molecule has 0 fully saturated rings. The van der Waals surface area contributed by atoms with Crippen molar-refractivity contribution in [2.24, 2.45) is 4.99 Å². The minimum absolute atomic E-state index is 0.520. The fraction of sp³-hybridized carbons (Fsp3) is 0.400. The summed E-state index contributed by atoms with van der Waals surface area (Å²) in [6.45, 7) is 2.47. The Morgan fingerprint density at radius 2 is 1.91 bits per heavy atom. The summed E-state index contributed by atoms with van der Waals surface area (Å²) in [5.74, 6) is 1.65. The van der Waals surface area contributed by atoms with Crippen LogP contribution in [0.25, 0.3) is 5.82 Å². The van der Waals surface area contributed by atoms with Gasteiger partial charge in [0.05, 0.1) is 24.0 Å². The van der Waals surface area contributed by atoms with Crippen molar-refractivity contribution in [2.75, 3.05) is 28.2 Å². The highest BCUT2D eigenvalue weighted by molar-refractivity contribution is 6.30. The van der Waals surface area contributed by atoms with Gasteiger partial charge in [0.1, 0.15) is 0 Å². The Morgan fingerprint density at radius 1 is 1.23 bits per heavy atom. The Bertz CT molecular complexity index is 664. The summed E-state index contributed by atoms with van der Waals surface area (Å²) in [5.41, 5.74) is 1.92. The molecular formula is C15H21ClN6. The van der Waals surface area contributed by atoms with Crippen LogP contribution in [0.1, 0.15) is 11.3 Å². The van der Waals surface area contributed by atoms with Crippen LogP contribution in [-0.2, 0) is 6.54 Å². The van der Waals surface area contributed by atoms with Crippen molar-refractivity contribution < 1.29 is 0 Å². The minimum atomic E-state index is 0.520. The lowest BCUT2D eigenvalue weighted by atomic mass is 10.2. The fourth-order valence-corrected chi connectivity index (χ4v) is 2.29. The number of aliphatic imine (C=N–C) groups is 1. The molecule has 0 atom stereocenters. The predicted octanol–water partition coefficient (Wildman–Crippen LogP) is 2.21. The Labute approximate surface area is 136 Å². The number of guanidine groups is 1. The van der Waals surface area contributed by atoms with Gasteiger partial charge in [0.25, 0.3) is 0 Å². The van der Waals surface area contributed by atoms with Crippen molar-refractivity contribution in [3.8, 4) is 5.82 Å². The lowest BCUT2D eigenvalue weighted by Gasteiger charge is -2.22. The first-order chi connectivity index (χ1) is 10.4. The van der Waals surface area contributed by atoms with Gasteiger partial charge < -0.3 is 9.80 Å². The number of aromatic nitrogens is 3. The summed E-state index contributed by atoms with van der Waals surface area (Å²) in [4.78, 5) is 13.2. The van der Waals surface area contributed by atoms with E-state index in [1.54, 1.807) is 17.1 Å². The van der Waals surface area contributed by atoms with Crippen LogP contribution < -0.4 is 0 Å². The van der Waals surface area contributed by atoms with Gasteiger partial charge in [0.2, 0.25) is 0 Å². The predicted molar refractivity (Wildman–Crippen MR) is 89.6 cm³/mol. The van der Waals surface area contributed by atoms with Gasteiger partial charge in [-0.1, -0.05) is 17.7 Å². The molecule has 0 bridgehead atoms. The molecule has 6 nitrogen and oxygen atoms in total. The summed E-state index contributed by atoms with van der Waals surface area (Å²) in [6.07, 6.45) is 3.35. The average molecular weight is 321 g/mol. The number of pyridine rings is 1. The SMILES string of the molecule is Cc1ccc(CN=C(N(C)C)N(C)C)c(-n2cc(Cl)cn2)n1. The van der Waals surface area contributed by atoms with Crippen molar-refractivity contribution >= 4 is 17.6 Å². The molecule has 118 valence electrons. The molecule has 2 heterocycles. The molecule has 0 unspecified atom stereocenters. The normalized spacial score (nSPS) is 10.5. The molecule has 0 aliphatic carbocycles. The van der Waals surface area contributed by atoms with Gasteiger partial charge in [-0.25, -0.2) is 14.7 Å². The van der Waals surface area contributed by atoms with E-state index < -0.39 is 0 Å². The second-order valence-electron chi connectivity index (χ2n) is 5.44. The zero-order chi connectivity index (χ0) is 16.3. The molecule has 2 aromatic rings. The summed E-state index contributed by atoms with van der Waals surface area (Å²) in [6, 6.07) is 4.00. The molecule has 7 heteroatoms. The molecule has 2 aromatic heterocycles. The zero-order valence-corrected chi connectivity index (χ0v) is 14.3. The van der Waals surface area contributed by atoms with Crippen LogP contribution in [0.4, 0.5) is 0 Å². The number of nitrogens with zero attached hydrogens (tertiary/aromatic N) is 6. The Balaban J connectivity index is 2.37. The lowest BCUT2D eigenvalue weighted by Crippen LogP contribution is -2.35. The number of halogens is 1. The number of aryl methyl sites for hydroxylation is 1. The summed E-state index contributed by atoms with van der Waals surface area (Å²) < 4.78 is 1.69. The van der Waals surface area contributed by atoms with E-state index >= 15 is 0 Å². The van der Waals surface area contributed by atoms with Crippen LogP contribution in [0.15, 0.2) is 29.5 Å². The number of hydrogen-bond donors (Lipinski definition) is 0. The third-order valence-electron chi connectivity index (χ3n) is 3.05. The van der Waals surface area contributed by atoms with Gasteiger partial charge in [-0.05, 0) is 13.0 Å². The summed E-state index contributed by atoms with van der Waals surface area (Å²) in [7, 11) is 7.89. The van der Waals surface area contributed by atoms with Crippen LogP contribution >= 0.6 is 11.6 Å². The van der Waals surface area contributed by atoms with Gasteiger partial charge in [0, 0.05) is 39.4 Å². The zero-order valence-electron chi connectivity index (χ0n) is 13.6. The standard InChI is InChI=1S/C15H21ClN6/c1-11-6-7-12(8-17-15(20(2)3)21(4)5)14(19-11)22-10-13(16)9-18-22/h6-7,9-10H,8H2,1-5H3. The molecule has 0 aromatic carbocycles. The van der Waals surface area contributed by atoms with E-state index in [4.69, 9.17) is 11.6 Å². The number of rotatable bonds is 3. The highest BCUT2D eigenvalue weighted by atomic mass is 35.5. The van der Waals surface area contributed by atoms with Crippen molar-refractivity contribution in [1.82, 2.24) is 24.6 Å². The first-order valence-corrected chi connectivity index (χ1v) is 7.32. The van der Waals surface area contributed by atoms with Gasteiger partial charge in [-0.15, -0.1) is 0 Å². The van der Waals surface area contributed by atoms with E-state index in [0.29, 0.717) is 11.6 Å². The van der Waals surface area contributed by atoms with Gasteiger partial charge in [-0.3, -0.25) is 0 Å². The molecule has 0 saturated carbocycles. The smallest absolute Gasteiger partial charge is 0.195 e. The Hall–Kier alpha value is -2.08. The molecule has 0 aliphatic rings. The van der Waals surface area contributed by atoms with E-state index in [1.165, 1.54) is 0 Å². The second-order valence-corrected chi connectivity index (χ2v) is 5.88. The largest absolute Gasteiger partial charge is 0.349 e. The van der Waals surface area contributed by atoms with Crippen LogP contribution in [0, 0.1) is 6.92 Å². The van der Waals surface area contributed by atoms with Gasteiger partial charge in [0.15, 0.2) is 11.8 Å². The lowest BCUT2D eigenvalue weighted by molar-refractivity contribution is 0.479. The third-order valence-corrected chi connectivity index (χ3v) is 3.25. The maximum Gasteiger partial charge on any atom is 0.195 e. The molecule has 0 radical (unpaired) electrons. The van der Waals surface area contributed by atoms with Crippen molar-refractivity contribution in [3.05, 3.63) is 40.8 Å². The maximum atomic E-state index is 5.96. The Morgan fingerprint density at radius 3 is 2.45 bits per heavy atom. The highest BCUT2D eigenvalue weighted by Crippen LogP contribution is 2.16. The first-order valence-electron chi connectivity index (χ1n) is 6.94.